The third-order valence-corrected chi connectivity index (χ3v) is 3.04. The van der Waals surface area contributed by atoms with Crippen molar-refractivity contribution in [3.05, 3.63) is 46.6 Å². The molecule has 1 aromatic carbocycles. The van der Waals surface area contributed by atoms with Gasteiger partial charge in [-0.05, 0) is 31.5 Å². The summed E-state index contributed by atoms with van der Waals surface area (Å²) in [6.07, 6.45) is -0.0114. The molecule has 104 valence electrons. The number of aromatic nitrogens is 1. The Bertz CT molecular complexity index is 638. The molecule has 4 nitrogen and oxygen atoms in total. The van der Waals surface area contributed by atoms with Gasteiger partial charge in [-0.2, -0.15) is 5.26 Å². The molecule has 0 atom stereocenters. The van der Waals surface area contributed by atoms with Crippen molar-refractivity contribution in [3.63, 3.8) is 0 Å². The summed E-state index contributed by atoms with van der Waals surface area (Å²) in [7, 11) is 0. The van der Waals surface area contributed by atoms with Gasteiger partial charge in [0.2, 0.25) is 5.88 Å². The number of hydrogen-bond donors (Lipinski definition) is 1. The van der Waals surface area contributed by atoms with Crippen molar-refractivity contribution in [2.75, 3.05) is 5.73 Å². The smallest absolute Gasteiger partial charge is 0.219 e. The van der Waals surface area contributed by atoms with Crippen LogP contribution in [0, 0.1) is 11.3 Å². The number of rotatable bonds is 4. The van der Waals surface area contributed by atoms with Gasteiger partial charge in [-0.3, -0.25) is 4.57 Å². The standard InChI is InChI=1S/C15H16ClN3O/c1-10(2)20-15-14(18)7-13(8-17)19(15)9-11-3-5-12(16)6-4-11/h3-7,10H,9,18H2,1-2H3. The molecule has 0 aliphatic carbocycles. The first-order valence-electron chi connectivity index (χ1n) is 6.31. The fraction of sp³-hybridized carbons (Fsp3) is 0.267. The van der Waals surface area contributed by atoms with Crippen molar-refractivity contribution >= 4 is 17.3 Å². The molecule has 2 aromatic rings. The monoisotopic (exact) mass is 289 g/mol. The minimum atomic E-state index is -0.0114. The molecule has 0 aliphatic rings. The SMILES string of the molecule is CC(C)Oc1c(N)cc(C#N)n1Cc1ccc(Cl)cc1. The van der Waals surface area contributed by atoms with Gasteiger partial charge in [0.15, 0.2) is 0 Å². The first-order chi connectivity index (χ1) is 9.51. The Morgan fingerprint density at radius 2 is 2.00 bits per heavy atom. The van der Waals surface area contributed by atoms with E-state index in [0.717, 1.165) is 5.56 Å². The van der Waals surface area contributed by atoms with Crippen LogP contribution in [0.1, 0.15) is 25.1 Å². The summed E-state index contributed by atoms with van der Waals surface area (Å²) in [5, 5.41) is 9.89. The van der Waals surface area contributed by atoms with Crippen LogP contribution in [-0.4, -0.2) is 10.7 Å². The van der Waals surface area contributed by atoms with Crippen LogP contribution in [0.2, 0.25) is 5.02 Å². The fourth-order valence-electron chi connectivity index (χ4n) is 1.93. The third-order valence-electron chi connectivity index (χ3n) is 2.79. The topological polar surface area (TPSA) is 64.0 Å². The van der Waals surface area contributed by atoms with E-state index in [1.54, 1.807) is 10.6 Å². The number of nitriles is 1. The number of halogens is 1. The Balaban J connectivity index is 2.38. The largest absolute Gasteiger partial charge is 0.475 e. The van der Waals surface area contributed by atoms with E-state index < -0.39 is 0 Å². The van der Waals surface area contributed by atoms with Gasteiger partial charge in [-0.25, -0.2) is 0 Å². The molecule has 0 radical (unpaired) electrons. The zero-order valence-corrected chi connectivity index (χ0v) is 12.2. The highest BCUT2D eigenvalue weighted by Crippen LogP contribution is 2.28. The molecule has 0 amide bonds. The van der Waals surface area contributed by atoms with E-state index in [-0.39, 0.29) is 6.10 Å². The van der Waals surface area contributed by atoms with Gasteiger partial charge in [-0.1, -0.05) is 23.7 Å². The maximum Gasteiger partial charge on any atom is 0.219 e. The third kappa shape index (κ3) is 3.06. The second-order valence-corrected chi connectivity index (χ2v) is 5.22. The van der Waals surface area contributed by atoms with Gasteiger partial charge in [0, 0.05) is 11.1 Å². The zero-order valence-electron chi connectivity index (χ0n) is 11.4. The van der Waals surface area contributed by atoms with Crippen LogP contribution in [0.15, 0.2) is 30.3 Å². The van der Waals surface area contributed by atoms with Crippen LogP contribution in [0.25, 0.3) is 0 Å². The van der Waals surface area contributed by atoms with Gasteiger partial charge in [0.25, 0.3) is 0 Å². The van der Waals surface area contributed by atoms with E-state index in [1.165, 1.54) is 0 Å². The Hall–Kier alpha value is -2.12. The number of benzene rings is 1. The van der Waals surface area contributed by atoms with Gasteiger partial charge in [0.05, 0.1) is 18.3 Å². The summed E-state index contributed by atoms with van der Waals surface area (Å²) in [6.45, 7) is 4.36. The Kier molecular flexibility index (Phi) is 4.21. The van der Waals surface area contributed by atoms with Crippen molar-refractivity contribution in [1.82, 2.24) is 4.57 Å². The maximum absolute atomic E-state index is 9.21. The molecule has 1 aromatic heterocycles. The van der Waals surface area contributed by atoms with E-state index in [4.69, 9.17) is 22.1 Å². The number of nitrogen functional groups attached to an aromatic ring is 1. The number of anilines is 1. The first kappa shape index (κ1) is 14.3. The average Bonchev–Trinajstić information content (AvgIpc) is 2.69. The van der Waals surface area contributed by atoms with Crippen molar-refractivity contribution in [2.45, 2.75) is 26.5 Å². The number of nitrogens with two attached hydrogens (primary N) is 1. The molecule has 0 fully saturated rings. The molecule has 2 N–H and O–H groups in total. The lowest BCUT2D eigenvalue weighted by Crippen LogP contribution is -2.12. The van der Waals surface area contributed by atoms with Crippen LogP contribution in [0.5, 0.6) is 5.88 Å². The van der Waals surface area contributed by atoms with Gasteiger partial charge in [0.1, 0.15) is 11.8 Å². The Morgan fingerprint density at radius 1 is 1.35 bits per heavy atom. The number of hydrogen-bond acceptors (Lipinski definition) is 3. The molecule has 2 rings (SSSR count). The molecule has 0 saturated heterocycles. The van der Waals surface area contributed by atoms with Crippen molar-refractivity contribution in [1.29, 1.82) is 5.26 Å². The Morgan fingerprint density at radius 3 is 2.55 bits per heavy atom. The van der Waals surface area contributed by atoms with E-state index in [1.807, 2.05) is 38.1 Å². The highest BCUT2D eigenvalue weighted by Gasteiger charge is 2.16. The van der Waals surface area contributed by atoms with E-state index in [0.29, 0.717) is 28.8 Å². The summed E-state index contributed by atoms with van der Waals surface area (Å²) in [6, 6.07) is 11.2. The second-order valence-electron chi connectivity index (χ2n) is 4.78. The zero-order chi connectivity index (χ0) is 14.7. The fourth-order valence-corrected chi connectivity index (χ4v) is 2.06. The molecule has 20 heavy (non-hydrogen) atoms. The highest BCUT2D eigenvalue weighted by molar-refractivity contribution is 6.30. The summed E-state index contributed by atoms with van der Waals surface area (Å²) >= 11 is 5.87. The summed E-state index contributed by atoms with van der Waals surface area (Å²) < 4.78 is 7.49. The first-order valence-corrected chi connectivity index (χ1v) is 6.69. The lowest BCUT2D eigenvalue weighted by Gasteiger charge is -2.15. The summed E-state index contributed by atoms with van der Waals surface area (Å²) in [4.78, 5) is 0. The van der Waals surface area contributed by atoms with E-state index >= 15 is 0 Å². The van der Waals surface area contributed by atoms with Gasteiger partial charge in [-0.15, -0.1) is 0 Å². The molecule has 5 heteroatoms. The van der Waals surface area contributed by atoms with Gasteiger partial charge < -0.3 is 10.5 Å². The van der Waals surface area contributed by atoms with Crippen LogP contribution < -0.4 is 10.5 Å². The molecular weight excluding hydrogens is 274 g/mol. The minimum absolute atomic E-state index is 0.0114. The van der Waals surface area contributed by atoms with Crippen molar-refractivity contribution < 1.29 is 4.74 Å². The highest BCUT2D eigenvalue weighted by atomic mass is 35.5. The van der Waals surface area contributed by atoms with Crippen LogP contribution >= 0.6 is 11.6 Å². The lowest BCUT2D eigenvalue weighted by molar-refractivity contribution is 0.224. The normalized spacial score (nSPS) is 10.6. The minimum Gasteiger partial charge on any atom is -0.475 e. The van der Waals surface area contributed by atoms with E-state index in [9.17, 15) is 5.26 Å². The number of ether oxygens (including phenoxy) is 1. The molecular formula is C15H16ClN3O. The quantitative estimate of drug-likeness (QED) is 0.938. The molecule has 0 saturated carbocycles. The average molecular weight is 290 g/mol. The maximum atomic E-state index is 9.21. The molecule has 0 bridgehead atoms. The Labute approximate surface area is 123 Å². The van der Waals surface area contributed by atoms with Gasteiger partial charge >= 0.3 is 0 Å². The van der Waals surface area contributed by atoms with Crippen LogP contribution in [0.3, 0.4) is 0 Å². The van der Waals surface area contributed by atoms with E-state index in [2.05, 4.69) is 6.07 Å². The van der Waals surface area contributed by atoms with Crippen molar-refractivity contribution in [3.8, 4) is 11.9 Å². The van der Waals surface area contributed by atoms with Crippen molar-refractivity contribution in [2.24, 2.45) is 0 Å². The molecule has 1 heterocycles. The molecule has 0 spiro atoms. The predicted octanol–water partition coefficient (Wildman–Crippen LogP) is 3.43. The number of nitrogens with zero attached hydrogens (tertiary/aromatic N) is 2. The summed E-state index contributed by atoms with van der Waals surface area (Å²) in [5.41, 5.74) is 7.90. The molecule has 0 aliphatic heterocycles. The summed E-state index contributed by atoms with van der Waals surface area (Å²) in [5.74, 6) is 0.534. The predicted molar refractivity (Wildman–Crippen MR) is 79.9 cm³/mol. The van der Waals surface area contributed by atoms with Crippen LogP contribution in [0.4, 0.5) is 5.69 Å². The lowest BCUT2D eigenvalue weighted by atomic mass is 10.2. The second kappa shape index (κ2) is 5.89. The van der Waals surface area contributed by atoms with Crippen LogP contribution in [-0.2, 0) is 6.54 Å². The molecule has 0 unspecified atom stereocenters.